The van der Waals surface area contributed by atoms with Crippen LogP contribution in [0.15, 0.2) is 6.07 Å². The number of aryl methyl sites for hydroxylation is 4. The molecule has 3 heterocycles. The first-order valence-electron chi connectivity index (χ1n) is 8.98. The lowest BCUT2D eigenvalue weighted by atomic mass is 10.3. The number of aromatic nitrogens is 5. The van der Waals surface area contributed by atoms with Gasteiger partial charge in [-0.2, -0.15) is 10.1 Å². The minimum atomic E-state index is 0.735. The van der Waals surface area contributed by atoms with Gasteiger partial charge >= 0.3 is 0 Å². The summed E-state index contributed by atoms with van der Waals surface area (Å²) < 4.78 is 7.37. The highest BCUT2D eigenvalue weighted by molar-refractivity contribution is 5.44. The van der Waals surface area contributed by atoms with Crippen molar-refractivity contribution in [2.75, 3.05) is 43.1 Å². The largest absolute Gasteiger partial charge is 0.378 e. The highest BCUT2D eigenvalue weighted by Gasteiger charge is 2.15. The molecule has 0 atom stereocenters. The molecular weight excluding hydrogens is 318 g/mol. The first-order chi connectivity index (χ1) is 12.2. The average molecular weight is 345 g/mol. The zero-order valence-electron chi connectivity index (χ0n) is 15.3. The Labute approximate surface area is 148 Å². The lowest BCUT2D eigenvalue weighted by Crippen LogP contribution is -2.37. The molecular formula is C17H27N7O. The molecule has 8 heteroatoms. The van der Waals surface area contributed by atoms with E-state index in [4.69, 9.17) is 4.74 Å². The van der Waals surface area contributed by atoms with E-state index in [1.54, 1.807) is 0 Å². The average Bonchev–Trinajstić information content (AvgIpc) is 2.96. The summed E-state index contributed by atoms with van der Waals surface area (Å²) in [7, 11) is 0. The van der Waals surface area contributed by atoms with E-state index < -0.39 is 0 Å². The minimum absolute atomic E-state index is 0.735. The fourth-order valence-corrected chi connectivity index (χ4v) is 2.88. The zero-order chi connectivity index (χ0) is 17.6. The van der Waals surface area contributed by atoms with Crippen LogP contribution < -0.4 is 10.2 Å². The Bertz CT molecular complexity index is 694. The summed E-state index contributed by atoms with van der Waals surface area (Å²) in [6.07, 6.45) is 1.86. The molecule has 0 aliphatic carbocycles. The first kappa shape index (κ1) is 17.6. The van der Waals surface area contributed by atoms with Crippen molar-refractivity contribution in [3.63, 3.8) is 0 Å². The van der Waals surface area contributed by atoms with Crippen LogP contribution in [0, 0.1) is 13.8 Å². The molecule has 1 saturated heterocycles. The maximum absolute atomic E-state index is 5.41. The highest BCUT2D eigenvalue weighted by atomic mass is 16.5. The molecule has 0 aromatic carbocycles. The van der Waals surface area contributed by atoms with Crippen LogP contribution in [0.4, 0.5) is 11.8 Å². The smallest absolute Gasteiger partial charge is 0.227 e. The van der Waals surface area contributed by atoms with Crippen LogP contribution in [0.3, 0.4) is 0 Å². The molecule has 1 aliphatic heterocycles. The standard InChI is InChI=1S/C17H27N7O/c1-4-15-12-16(21-17(20-15)23-8-10-25-11-9-23)18-6-5-7-24-14(3)19-13(2)22-24/h12H,4-11H2,1-3H3,(H,18,20,21). The molecule has 1 N–H and O–H groups in total. The normalized spacial score (nSPS) is 14.8. The SMILES string of the molecule is CCc1cc(NCCCn2nc(C)nc2C)nc(N2CCOCC2)n1. The number of rotatable bonds is 7. The summed E-state index contributed by atoms with van der Waals surface area (Å²) >= 11 is 0. The van der Waals surface area contributed by atoms with Crippen molar-refractivity contribution in [1.82, 2.24) is 24.7 Å². The van der Waals surface area contributed by atoms with Gasteiger partial charge in [0.1, 0.15) is 17.5 Å². The van der Waals surface area contributed by atoms with Gasteiger partial charge in [-0.1, -0.05) is 6.92 Å². The molecule has 25 heavy (non-hydrogen) atoms. The predicted octanol–water partition coefficient (Wildman–Crippen LogP) is 1.59. The van der Waals surface area contributed by atoms with Crippen molar-refractivity contribution >= 4 is 11.8 Å². The quantitative estimate of drug-likeness (QED) is 0.763. The molecule has 0 saturated carbocycles. The van der Waals surface area contributed by atoms with Gasteiger partial charge in [0.25, 0.3) is 0 Å². The molecule has 8 nitrogen and oxygen atoms in total. The third-order valence-electron chi connectivity index (χ3n) is 4.24. The van der Waals surface area contributed by atoms with Crippen molar-refractivity contribution in [2.24, 2.45) is 0 Å². The molecule has 3 rings (SSSR count). The van der Waals surface area contributed by atoms with Gasteiger partial charge in [-0.25, -0.2) is 9.97 Å². The van der Waals surface area contributed by atoms with Gasteiger partial charge in [0, 0.05) is 37.9 Å². The van der Waals surface area contributed by atoms with Crippen LogP contribution in [-0.4, -0.2) is 57.6 Å². The van der Waals surface area contributed by atoms with Crippen molar-refractivity contribution in [3.8, 4) is 0 Å². The first-order valence-corrected chi connectivity index (χ1v) is 8.98. The summed E-state index contributed by atoms with van der Waals surface area (Å²) in [5, 5.41) is 7.82. The molecule has 136 valence electrons. The van der Waals surface area contributed by atoms with Crippen LogP contribution in [0.5, 0.6) is 0 Å². The van der Waals surface area contributed by atoms with E-state index >= 15 is 0 Å². The monoisotopic (exact) mass is 345 g/mol. The van der Waals surface area contributed by atoms with Crippen LogP contribution in [0.1, 0.15) is 30.7 Å². The number of hydrogen-bond acceptors (Lipinski definition) is 7. The fourth-order valence-electron chi connectivity index (χ4n) is 2.88. The minimum Gasteiger partial charge on any atom is -0.378 e. The van der Waals surface area contributed by atoms with Gasteiger partial charge in [-0.3, -0.25) is 4.68 Å². The van der Waals surface area contributed by atoms with Crippen LogP contribution in [0.2, 0.25) is 0 Å². The van der Waals surface area contributed by atoms with E-state index in [0.29, 0.717) is 0 Å². The van der Waals surface area contributed by atoms with E-state index in [-0.39, 0.29) is 0 Å². The second kappa shape index (κ2) is 8.24. The van der Waals surface area contributed by atoms with Gasteiger partial charge in [-0.05, 0) is 26.7 Å². The van der Waals surface area contributed by atoms with Gasteiger partial charge < -0.3 is 15.0 Å². The molecule has 2 aromatic heterocycles. The number of nitrogens with zero attached hydrogens (tertiary/aromatic N) is 6. The fraction of sp³-hybridized carbons (Fsp3) is 0.647. The van der Waals surface area contributed by atoms with Crippen molar-refractivity contribution < 1.29 is 4.74 Å². The summed E-state index contributed by atoms with van der Waals surface area (Å²) in [6, 6.07) is 2.04. The second-order valence-corrected chi connectivity index (χ2v) is 6.21. The molecule has 2 aromatic rings. The summed E-state index contributed by atoms with van der Waals surface area (Å²) in [6.45, 7) is 10.9. The number of nitrogens with one attached hydrogen (secondary N) is 1. The molecule has 0 bridgehead atoms. The number of hydrogen-bond donors (Lipinski definition) is 1. The van der Waals surface area contributed by atoms with E-state index in [9.17, 15) is 0 Å². The maximum Gasteiger partial charge on any atom is 0.227 e. The number of morpholine rings is 1. The lowest BCUT2D eigenvalue weighted by Gasteiger charge is -2.27. The zero-order valence-corrected chi connectivity index (χ0v) is 15.3. The topological polar surface area (TPSA) is 81.0 Å². The Kier molecular flexibility index (Phi) is 5.80. The Morgan fingerprint density at radius 1 is 1.16 bits per heavy atom. The van der Waals surface area contributed by atoms with Crippen LogP contribution >= 0.6 is 0 Å². The molecule has 1 fully saturated rings. The van der Waals surface area contributed by atoms with Gasteiger partial charge in [0.2, 0.25) is 5.95 Å². The molecule has 0 unspecified atom stereocenters. The number of anilines is 2. The maximum atomic E-state index is 5.41. The lowest BCUT2D eigenvalue weighted by molar-refractivity contribution is 0.122. The van der Waals surface area contributed by atoms with Crippen molar-refractivity contribution in [3.05, 3.63) is 23.4 Å². The van der Waals surface area contributed by atoms with Crippen molar-refractivity contribution in [2.45, 2.75) is 40.2 Å². The van der Waals surface area contributed by atoms with Crippen LogP contribution in [-0.2, 0) is 17.7 Å². The second-order valence-electron chi connectivity index (χ2n) is 6.21. The molecule has 1 aliphatic rings. The van der Waals surface area contributed by atoms with E-state index in [1.165, 1.54) is 0 Å². The van der Waals surface area contributed by atoms with Gasteiger partial charge in [0.15, 0.2) is 0 Å². The Balaban J connectivity index is 1.58. The van der Waals surface area contributed by atoms with E-state index in [1.807, 2.05) is 24.6 Å². The Hall–Kier alpha value is -2.22. The number of ether oxygens (including phenoxy) is 1. The van der Waals surface area contributed by atoms with E-state index in [0.717, 1.165) is 81.3 Å². The van der Waals surface area contributed by atoms with Crippen molar-refractivity contribution in [1.29, 1.82) is 0 Å². The Morgan fingerprint density at radius 2 is 1.96 bits per heavy atom. The molecule has 0 radical (unpaired) electrons. The highest BCUT2D eigenvalue weighted by Crippen LogP contribution is 2.16. The summed E-state index contributed by atoms with van der Waals surface area (Å²) in [5.74, 6) is 3.47. The van der Waals surface area contributed by atoms with E-state index in [2.05, 4.69) is 37.2 Å². The van der Waals surface area contributed by atoms with Crippen LogP contribution in [0.25, 0.3) is 0 Å². The summed E-state index contributed by atoms with van der Waals surface area (Å²) in [5.41, 5.74) is 1.06. The molecule has 0 amide bonds. The van der Waals surface area contributed by atoms with Gasteiger partial charge in [-0.15, -0.1) is 0 Å². The summed E-state index contributed by atoms with van der Waals surface area (Å²) in [4.78, 5) is 15.9. The third-order valence-corrected chi connectivity index (χ3v) is 4.24. The van der Waals surface area contributed by atoms with Gasteiger partial charge in [0.05, 0.1) is 13.2 Å². The third kappa shape index (κ3) is 4.66. The predicted molar refractivity (Wildman–Crippen MR) is 97.0 cm³/mol. The molecule has 0 spiro atoms. The Morgan fingerprint density at radius 3 is 2.64 bits per heavy atom.